The highest BCUT2D eigenvalue weighted by Gasteiger charge is 2.29. The maximum Gasteiger partial charge on any atom is 0.446 e. The van der Waals surface area contributed by atoms with E-state index >= 15 is 0 Å². The van der Waals surface area contributed by atoms with Crippen LogP contribution in [0.3, 0.4) is 0 Å². The van der Waals surface area contributed by atoms with E-state index in [-0.39, 0.29) is 22.4 Å². The summed E-state index contributed by atoms with van der Waals surface area (Å²) in [5.41, 5.74) is -3.86. The molecule has 0 spiro atoms. The molecule has 0 aliphatic heterocycles. The number of halogens is 4. The fourth-order valence-electron chi connectivity index (χ4n) is 1.37. The largest absolute Gasteiger partial charge is 0.446 e. The van der Waals surface area contributed by atoms with Gasteiger partial charge in [-0.25, -0.2) is 0 Å². The summed E-state index contributed by atoms with van der Waals surface area (Å²) in [4.78, 5) is 11.7. The predicted molar refractivity (Wildman–Crippen MR) is 67.3 cm³/mol. The lowest BCUT2D eigenvalue weighted by Crippen LogP contribution is -2.01. The molecular weight excluding hydrogens is 285 g/mol. The van der Waals surface area contributed by atoms with Crippen molar-refractivity contribution in [1.82, 2.24) is 0 Å². The number of hydrogen-bond acceptors (Lipinski definition) is 2. The van der Waals surface area contributed by atoms with Crippen molar-refractivity contribution in [3.8, 4) is 0 Å². The number of carbonyl (C=O) groups excluding carboxylic acids is 1. The fraction of sp³-hybridized carbons (Fsp3) is 0.417. The van der Waals surface area contributed by atoms with E-state index in [1.807, 2.05) is 0 Å². The summed E-state index contributed by atoms with van der Waals surface area (Å²) in [5.74, 6) is 0.442. The number of benzene rings is 1. The average Bonchev–Trinajstić information content (AvgIpc) is 2.28. The third-order valence-electron chi connectivity index (χ3n) is 2.20. The predicted octanol–water partition coefficient (Wildman–Crippen LogP) is 4.89. The molecule has 0 saturated carbocycles. The summed E-state index contributed by atoms with van der Waals surface area (Å²) in [6.07, 6.45) is 1.83. The minimum absolute atomic E-state index is 0.0660. The summed E-state index contributed by atoms with van der Waals surface area (Å²) in [6.45, 7) is 0. The standard InChI is InChI=1S/C12H12ClF3OS/c13-8-2-1-3-11(17)9-4-6-10(7-5-9)18-12(14,15)16/h4-7H,1-3,8H2. The average molecular weight is 297 g/mol. The lowest BCUT2D eigenvalue weighted by atomic mass is 10.1. The van der Waals surface area contributed by atoms with Crippen LogP contribution in [0.5, 0.6) is 0 Å². The number of thioether (sulfide) groups is 1. The highest BCUT2D eigenvalue weighted by atomic mass is 35.5. The van der Waals surface area contributed by atoms with Crippen molar-refractivity contribution in [3.63, 3.8) is 0 Å². The molecular formula is C12H12ClF3OS. The Balaban J connectivity index is 2.57. The first kappa shape index (κ1) is 15.4. The first-order chi connectivity index (χ1) is 8.42. The van der Waals surface area contributed by atoms with Gasteiger partial charge in [0.05, 0.1) is 0 Å². The van der Waals surface area contributed by atoms with Gasteiger partial charge in [-0.3, -0.25) is 4.79 Å². The first-order valence-electron chi connectivity index (χ1n) is 5.37. The molecule has 0 amide bonds. The molecule has 0 aliphatic carbocycles. The number of rotatable bonds is 6. The molecule has 1 aromatic carbocycles. The summed E-state index contributed by atoms with van der Waals surface area (Å²) < 4.78 is 36.3. The van der Waals surface area contributed by atoms with Crippen LogP contribution in [0.25, 0.3) is 0 Å². The van der Waals surface area contributed by atoms with Gasteiger partial charge in [-0.1, -0.05) is 12.1 Å². The van der Waals surface area contributed by atoms with E-state index in [4.69, 9.17) is 11.6 Å². The Labute approximate surface area is 113 Å². The zero-order valence-electron chi connectivity index (χ0n) is 9.47. The molecule has 0 unspecified atom stereocenters. The van der Waals surface area contributed by atoms with Crippen LogP contribution in [0, 0.1) is 0 Å². The van der Waals surface area contributed by atoms with Crippen LogP contribution in [-0.2, 0) is 0 Å². The van der Waals surface area contributed by atoms with Crippen molar-refractivity contribution < 1.29 is 18.0 Å². The summed E-state index contributed by atoms with van der Waals surface area (Å²) in [7, 11) is 0. The Morgan fingerprint density at radius 3 is 2.28 bits per heavy atom. The molecule has 1 rings (SSSR count). The molecule has 1 aromatic rings. The van der Waals surface area contributed by atoms with Crippen molar-refractivity contribution in [3.05, 3.63) is 29.8 Å². The van der Waals surface area contributed by atoms with E-state index in [0.29, 0.717) is 24.3 Å². The van der Waals surface area contributed by atoms with E-state index < -0.39 is 5.51 Å². The van der Waals surface area contributed by atoms with Gasteiger partial charge >= 0.3 is 5.51 Å². The second-order valence-corrected chi connectivity index (χ2v) is 5.16. The summed E-state index contributed by atoms with van der Waals surface area (Å²) in [5, 5.41) is 0. The lowest BCUT2D eigenvalue weighted by Gasteiger charge is -2.06. The summed E-state index contributed by atoms with van der Waals surface area (Å²) >= 11 is 5.31. The molecule has 0 bridgehead atoms. The zero-order valence-corrected chi connectivity index (χ0v) is 11.0. The first-order valence-corrected chi connectivity index (χ1v) is 6.72. The van der Waals surface area contributed by atoms with Crippen LogP contribution < -0.4 is 0 Å². The van der Waals surface area contributed by atoms with E-state index in [1.54, 1.807) is 0 Å². The quantitative estimate of drug-likeness (QED) is 0.322. The molecule has 0 heterocycles. The van der Waals surface area contributed by atoms with E-state index in [1.165, 1.54) is 24.3 Å². The van der Waals surface area contributed by atoms with Crippen molar-refractivity contribution in [2.75, 3.05) is 5.88 Å². The molecule has 0 fully saturated rings. The summed E-state index contributed by atoms with van der Waals surface area (Å²) in [6, 6.07) is 5.48. The molecule has 100 valence electrons. The molecule has 0 saturated heterocycles. The molecule has 1 nitrogen and oxygen atoms in total. The Morgan fingerprint density at radius 1 is 1.17 bits per heavy atom. The Hall–Kier alpha value is -0.680. The van der Waals surface area contributed by atoms with Gasteiger partial charge in [0.15, 0.2) is 5.78 Å². The second kappa shape index (κ2) is 7.04. The third kappa shape index (κ3) is 5.78. The van der Waals surface area contributed by atoms with Gasteiger partial charge in [0, 0.05) is 22.8 Å². The van der Waals surface area contributed by atoms with Crippen LogP contribution >= 0.6 is 23.4 Å². The maximum absolute atomic E-state index is 12.1. The molecule has 0 aromatic heterocycles. The lowest BCUT2D eigenvalue weighted by molar-refractivity contribution is -0.0328. The van der Waals surface area contributed by atoms with Gasteiger partial charge in [-0.2, -0.15) is 13.2 Å². The molecule has 0 aliphatic rings. The fourth-order valence-corrected chi connectivity index (χ4v) is 2.10. The maximum atomic E-state index is 12.1. The van der Waals surface area contributed by atoms with Crippen LogP contribution in [0.15, 0.2) is 29.2 Å². The van der Waals surface area contributed by atoms with Crippen LogP contribution in [0.1, 0.15) is 29.6 Å². The Kier molecular flexibility index (Phi) is 6.02. The van der Waals surface area contributed by atoms with Gasteiger partial charge in [0.2, 0.25) is 0 Å². The number of ketones is 1. The van der Waals surface area contributed by atoms with Gasteiger partial charge in [0.25, 0.3) is 0 Å². The normalized spacial score (nSPS) is 11.6. The van der Waals surface area contributed by atoms with Gasteiger partial charge in [-0.05, 0) is 36.7 Å². The second-order valence-electron chi connectivity index (χ2n) is 3.64. The number of Topliss-reactive ketones (excluding diaryl/α,β-unsaturated/α-hetero) is 1. The van der Waals surface area contributed by atoms with Crippen molar-refractivity contribution in [1.29, 1.82) is 0 Å². The number of unbranched alkanes of at least 4 members (excludes halogenated alkanes) is 1. The van der Waals surface area contributed by atoms with Gasteiger partial charge in [0.1, 0.15) is 0 Å². The minimum atomic E-state index is -4.30. The topological polar surface area (TPSA) is 17.1 Å². The zero-order chi connectivity index (χ0) is 13.6. The number of carbonyl (C=O) groups is 1. The molecule has 0 N–H and O–H groups in total. The van der Waals surface area contributed by atoms with E-state index in [2.05, 4.69) is 0 Å². The molecule has 0 radical (unpaired) electrons. The molecule has 6 heteroatoms. The third-order valence-corrected chi connectivity index (χ3v) is 3.20. The Morgan fingerprint density at radius 2 is 1.78 bits per heavy atom. The van der Waals surface area contributed by atoms with Crippen LogP contribution in [0.2, 0.25) is 0 Å². The van der Waals surface area contributed by atoms with Crippen molar-refractivity contribution >= 4 is 29.1 Å². The molecule has 0 atom stereocenters. The highest BCUT2D eigenvalue weighted by Crippen LogP contribution is 2.36. The van der Waals surface area contributed by atoms with Crippen molar-refractivity contribution in [2.24, 2.45) is 0 Å². The van der Waals surface area contributed by atoms with E-state index in [0.717, 1.165) is 6.42 Å². The van der Waals surface area contributed by atoms with Crippen LogP contribution in [-0.4, -0.2) is 17.2 Å². The Bertz CT molecular complexity index is 389. The number of alkyl halides is 4. The van der Waals surface area contributed by atoms with Gasteiger partial charge < -0.3 is 0 Å². The SMILES string of the molecule is O=C(CCCCCl)c1ccc(SC(F)(F)F)cc1. The van der Waals surface area contributed by atoms with Gasteiger partial charge in [-0.15, -0.1) is 11.6 Å². The smallest absolute Gasteiger partial charge is 0.294 e. The number of hydrogen-bond donors (Lipinski definition) is 0. The minimum Gasteiger partial charge on any atom is -0.294 e. The van der Waals surface area contributed by atoms with Crippen molar-refractivity contribution in [2.45, 2.75) is 29.7 Å². The highest BCUT2D eigenvalue weighted by molar-refractivity contribution is 8.00. The van der Waals surface area contributed by atoms with Crippen LogP contribution in [0.4, 0.5) is 13.2 Å². The monoisotopic (exact) mass is 296 g/mol. The van der Waals surface area contributed by atoms with E-state index in [9.17, 15) is 18.0 Å². The molecule has 18 heavy (non-hydrogen) atoms.